The first-order valence-electron chi connectivity index (χ1n) is 17.5. The summed E-state index contributed by atoms with van der Waals surface area (Å²) in [6.07, 6.45) is 4.66. The fourth-order valence-corrected chi connectivity index (χ4v) is 9.20. The number of fused-ring (bicyclic) bond motifs is 14. The van der Waals surface area contributed by atoms with Gasteiger partial charge in [-0.15, -0.1) is 96.3 Å². The number of benzene rings is 7. The topological polar surface area (TPSA) is 59.0 Å². The molecule has 296 valence electrons. The Bertz CT molecular complexity index is 2820. The van der Waals surface area contributed by atoms with Crippen LogP contribution in [0.15, 0.2) is 114 Å². The van der Waals surface area contributed by atoms with Crippen LogP contribution < -0.4 is 9.34 Å². The van der Waals surface area contributed by atoms with Crippen LogP contribution in [0, 0.1) is 24.3 Å². The van der Waals surface area contributed by atoms with Gasteiger partial charge in [-0.2, -0.15) is 35.4 Å². The molecule has 6 nitrogen and oxygen atoms in total. The van der Waals surface area contributed by atoms with Gasteiger partial charge in [0.15, 0.2) is 0 Å². The summed E-state index contributed by atoms with van der Waals surface area (Å²) in [5, 5.41) is 11.2. The van der Waals surface area contributed by atoms with E-state index in [1.165, 1.54) is 34.7 Å². The maximum absolute atomic E-state index is 6.31. The summed E-state index contributed by atoms with van der Waals surface area (Å²) < 4.78 is 29.1. The van der Waals surface area contributed by atoms with Crippen molar-refractivity contribution in [2.24, 2.45) is 0 Å². The molecule has 0 fully saturated rings. The molecule has 0 saturated carbocycles. The van der Waals surface area contributed by atoms with Crippen LogP contribution in [0.1, 0.15) is 31.4 Å². The van der Waals surface area contributed by atoms with Gasteiger partial charge in [0.25, 0.3) is 0 Å². The van der Waals surface area contributed by atoms with Crippen molar-refractivity contribution in [3.05, 3.63) is 132 Å². The summed E-state index contributed by atoms with van der Waals surface area (Å²) in [6, 6.07) is 46.7. The summed E-state index contributed by atoms with van der Waals surface area (Å²) in [5.74, 6) is 0. The fraction of sp³-hybridized carbons (Fsp3) is 0.200. The zero-order valence-corrected chi connectivity index (χ0v) is 43.7. The molecule has 1 aliphatic carbocycles. The minimum atomic E-state index is -1.27. The Kier molecular flexibility index (Phi) is 16.9. The predicted octanol–water partition coefficient (Wildman–Crippen LogP) is 13.1. The van der Waals surface area contributed by atoms with Gasteiger partial charge >= 0.3 is 16.3 Å². The number of nitrogens with zero attached hydrogens (tertiary/aromatic N) is 2. The number of hydrogen-bond acceptors (Lipinski definition) is 6. The molecule has 0 bridgehead atoms. The average Bonchev–Trinajstić information content (AvgIpc) is 3.47. The van der Waals surface area contributed by atoms with E-state index in [1.54, 1.807) is 0 Å². The Balaban J connectivity index is 0.000000232. The Labute approximate surface area is 390 Å². The van der Waals surface area contributed by atoms with Crippen LogP contribution in [-0.2, 0) is 94.5 Å². The van der Waals surface area contributed by atoms with Crippen molar-refractivity contribution >= 4 is 92.5 Å². The third-order valence-corrected chi connectivity index (χ3v) is 12.4. The van der Waals surface area contributed by atoms with E-state index in [0.717, 1.165) is 78.3 Å². The van der Waals surface area contributed by atoms with Gasteiger partial charge in [-0.1, -0.05) is 87.7 Å². The standard InChI is InChI=1S/C22H20NO2P.C22H16NO2P.CH4.4Re/c2*1-23(2)26-24-19-13-11-15-7-3-5-9-17(15)21(19)22-18-10-6-4-8-16(18)12-14-20(22)25-26;;;;;/h3,5,7,9,11-12H,4,6,8,10H2,1-2H3;3-12H,1-2H3;1H4;;;;/q2*-2;;;;;. The zero-order chi connectivity index (χ0) is 35.3. The Morgan fingerprint density at radius 1 is 0.456 bits per heavy atom. The quantitative estimate of drug-likeness (QED) is 0.161. The van der Waals surface area contributed by atoms with Gasteiger partial charge in [-0.25, -0.2) is 9.34 Å². The van der Waals surface area contributed by atoms with E-state index < -0.39 is 16.3 Å². The molecule has 1 aliphatic rings. The predicted molar refractivity (Wildman–Crippen MR) is 224 cm³/mol. The van der Waals surface area contributed by atoms with E-state index in [1.807, 2.05) is 67.9 Å². The summed E-state index contributed by atoms with van der Waals surface area (Å²) in [6.45, 7) is 0. The molecule has 4 radical (unpaired) electrons. The van der Waals surface area contributed by atoms with Gasteiger partial charge in [0.2, 0.25) is 0 Å². The van der Waals surface area contributed by atoms with Crippen LogP contribution in [0.5, 0.6) is 0 Å². The number of rotatable bonds is 2. The van der Waals surface area contributed by atoms with Gasteiger partial charge in [-0.05, 0) is 0 Å². The van der Waals surface area contributed by atoms with Crippen molar-refractivity contribution in [2.75, 3.05) is 37.5 Å². The van der Waals surface area contributed by atoms with Gasteiger partial charge in [0, 0.05) is 132 Å². The first kappa shape index (κ1) is 47.4. The second-order valence-electron chi connectivity index (χ2n) is 13.5. The molecule has 2 heterocycles. The molecule has 10 rings (SSSR count). The third kappa shape index (κ3) is 9.08. The van der Waals surface area contributed by atoms with Gasteiger partial charge in [-0.3, -0.25) is 0 Å². The van der Waals surface area contributed by atoms with Gasteiger partial charge in [0.05, 0.1) is 0 Å². The largest absolute Gasteiger partial charge is 0.436 e. The maximum Gasteiger partial charge on any atom is 0.304 e. The zero-order valence-electron chi connectivity index (χ0n) is 31.0. The maximum atomic E-state index is 6.31. The van der Waals surface area contributed by atoms with E-state index >= 15 is 0 Å². The second-order valence-corrected chi connectivity index (χ2v) is 16.8. The molecule has 0 aliphatic heterocycles. The Morgan fingerprint density at radius 2 is 0.789 bits per heavy atom. The summed E-state index contributed by atoms with van der Waals surface area (Å²) >= 11 is 0. The Morgan fingerprint density at radius 3 is 1.19 bits per heavy atom. The molecule has 0 N–H and O–H groups in total. The SMILES string of the molecule is C.CN(C)p1oc2[c-]cc3c(c2c2c([c-]cc4ccccc42)o1)CCCC3.CN(C)p1oc2[c-]cc3ccccc3c2c2c([c-]cc3ccccc32)o1.[Re].[Re].[Re].[Re]. The molecule has 0 amide bonds. The van der Waals surface area contributed by atoms with Crippen molar-refractivity contribution < 1.29 is 98.5 Å². The normalized spacial score (nSPS) is 12.2. The third-order valence-electron chi connectivity index (χ3n) is 9.70. The molecular formula is C45H40N2O4P2Re4-4. The first-order valence-corrected chi connectivity index (χ1v) is 19.7. The van der Waals surface area contributed by atoms with E-state index in [9.17, 15) is 0 Å². The summed E-state index contributed by atoms with van der Waals surface area (Å²) in [5.41, 5.74) is 5.85. The van der Waals surface area contributed by atoms with E-state index in [2.05, 4.69) is 91.0 Å². The van der Waals surface area contributed by atoms with Crippen LogP contribution in [0.2, 0.25) is 0 Å². The van der Waals surface area contributed by atoms with Gasteiger partial charge in [0.1, 0.15) is 0 Å². The monoisotopic (exact) mass is 1480 g/mol. The molecule has 1 unspecified atom stereocenters. The smallest absolute Gasteiger partial charge is 0.304 e. The minimum absolute atomic E-state index is 0. The molecule has 9 aromatic rings. The van der Waals surface area contributed by atoms with Crippen molar-refractivity contribution in [1.82, 2.24) is 0 Å². The summed E-state index contributed by atoms with van der Waals surface area (Å²) in [4.78, 5) is 0. The van der Waals surface area contributed by atoms with Crippen LogP contribution in [-0.4, -0.2) is 28.2 Å². The molecule has 1 atom stereocenters. The minimum Gasteiger partial charge on any atom is -0.436 e. The molecule has 7 aromatic carbocycles. The van der Waals surface area contributed by atoms with Crippen molar-refractivity contribution in [3.63, 3.8) is 0 Å². The molecule has 12 heteroatoms. The molecule has 0 saturated heterocycles. The van der Waals surface area contributed by atoms with Crippen molar-refractivity contribution in [1.29, 1.82) is 0 Å². The van der Waals surface area contributed by atoms with Crippen molar-refractivity contribution in [2.45, 2.75) is 33.1 Å². The van der Waals surface area contributed by atoms with Crippen LogP contribution in [0.25, 0.3) is 76.2 Å². The molecule has 2 aromatic heterocycles. The van der Waals surface area contributed by atoms with E-state index in [-0.39, 0.29) is 89.1 Å². The summed E-state index contributed by atoms with van der Waals surface area (Å²) in [7, 11) is 5.38. The molecular weight excluding hydrogens is 1440 g/mol. The van der Waals surface area contributed by atoms with Crippen LogP contribution >= 0.6 is 16.3 Å². The Hall–Kier alpha value is -2.31. The fourth-order valence-electron chi connectivity index (χ4n) is 7.27. The number of hydrogen-bond donors (Lipinski definition) is 0. The van der Waals surface area contributed by atoms with Crippen LogP contribution in [0.4, 0.5) is 0 Å². The van der Waals surface area contributed by atoms with E-state index in [0.29, 0.717) is 0 Å². The first-order chi connectivity index (χ1) is 25.4. The number of aryl methyl sites for hydroxylation is 2. The second kappa shape index (κ2) is 20.3. The van der Waals surface area contributed by atoms with Gasteiger partial charge < -0.3 is 16.8 Å². The van der Waals surface area contributed by atoms with Crippen molar-refractivity contribution in [3.8, 4) is 0 Å². The molecule has 57 heavy (non-hydrogen) atoms. The van der Waals surface area contributed by atoms with E-state index in [4.69, 9.17) is 16.8 Å². The van der Waals surface area contributed by atoms with Crippen LogP contribution in [0.3, 0.4) is 0 Å². The molecule has 0 spiro atoms. The average molecular weight is 1480 g/mol.